The van der Waals surface area contributed by atoms with E-state index in [0.29, 0.717) is 31.6 Å². The average molecular weight is 386 g/mol. The molecule has 0 aliphatic carbocycles. The molecule has 2 N–H and O–H groups in total. The molecule has 0 bridgehead atoms. The molecule has 1 amide bonds. The largest absolute Gasteiger partial charge is 0.423 e. The predicted molar refractivity (Wildman–Crippen MR) is 92.3 cm³/mol. The lowest BCUT2D eigenvalue weighted by Crippen LogP contribution is -2.50. The first-order chi connectivity index (χ1) is 12.7. The molecule has 2 saturated heterocycles. The topological polar surface area (TPSA) is 92.7 Å². The molecule has 2 aliphatic rings. The number of carbonyl (C=O) groups is 1. The number of benzene rings is 1. The van der Waals surface area contributed by atoms with Gasteiger partial charge in [-0.3, -0.25) is 19.8 Å². The van der Waals surface area contributed by atoms with Gasteiger partial charge in [-0.05, 0) is 44.4 Å². The van der Waals surface area contributed by atoms with Crippen molar-refractivity contribution in [3.05, 3.63) is 33.9 Å². The molecule has 27 heavy (non-hydrogen) atoms. The van der Waals surface area contributed by atoms with E-state index >= 15 is 0 Å². The average Bonchev–Trinajstić information content (AvgIpc) is 3.10. The molecule has 0 saturated carbocycles. The number of nitro groups is 1. The Morgan fingerprint density at radius 1 is 1.19 bits per heavy atom. The van der Waals surface area contributed by atoms with Crippen molar-refractivity contribution in [1.82, 2.24) is 4.90 Å². The van der Waals surface area contributed by atoms with Crippen LogP contribution in [0.2, 0.25) is 0 Å². The van der Waals surface area contributed by atoms with E-state index in [1.807, 2.05) is 0 Å². The Hall–Kier alpha value is -2.36. The quantitative estimate of drug-likeness (QED) is 0.634. The number of likely N-dealkylation sites (tertiary alicyclic amines) is 1. The van der Waals surface area contributed by atoms with Crippen LogP contribution in [0.4, 0.5) is 24.5 Å². The van der Waals surface area contributed by atoms with Gasteiger partial charge < -0.3 is 10.6 Å². The Bertz CT molecular complexity index is 733. The maximum atomic E-state index is 13.2. The van der Waals surface area contributed by atoms with Crippen LogP contribution < -0.4 is 10.6 Å². The van der Waals surface area contributed by atoms with Crippen molar-refractivity contribution in [1.29, 1.82) is 0 Å². The summed E-state index contributed by atoms with van der Waals surface area (Å²) in [7, 11) is 0. The molecule has 0 aromatic heterocycles. The van der Waals surface area contributed by atoms with Crippen molar-refractivity contribution in [3.8, 4) is 0 Å². The van der Waals surface area contributed by atoms with Crippen LogP contribution in [0.1, 0.15) is 31.2 Å². The summed E-state index contributed by atoms with van der Waals surface area (Å²) in [5.74, 6) is -0.333. The molecule has 0 spiro atoms. The third-order valence-electron chi connectivity index (χ3n) is 5.40. The highest BCUT2D eigenvalue weighted by atomic mass is 19.4. The summed E-state index contributed by atoms with van der Waals surface area (Å²) in [5.41, 5.74) is 3.60. The molecule has 0 radical (unpaired) electrons. The summed E-state index contributed by atoms with van der Waals surface area (Å²) < 4.78 is 39.5. The van der Waals surface area contributed by atoms with Crippen molar-refractivity contribution in [2.24, 2.45) is 5.73 Å². The van der Waals surface area contributed by atoms with Crippen LogP contribution in [-0.4, -0.2) is 47.4 Å². The van der Waals surface area contributed by atoms with E-state index in [-0.39, 0.29) is 18.0 Å². The SMILES string of the molecule is NC(=O)C1CCCN1C1CCN(c2ccc([N+](=O)[O-])c(C(F)(F)F)c2)CC1. The fraction of sp³-hybridized carbons (Fsp3) is 0.588. The van der Waals surface area contributed by atoms with Crippen LogP contribution in [0.15, 0.2) is 18.2 Å². The monoisotopic (exact) mass is 386 g/mol. The highest BCUT2D eigenvalue weighted by Gasteiger charge is 2.39. The van der Waals surface area contributed by atoms with Crippen molar-refractivity contribution in [2.75, 3.05) is 24.5 Å². The second kappa shape index (κ2) is 7.34. The Balaban J connectivity index is 1.73. The van der Waals surface area contributed by atoms with Crippen molar-refractivity contribution in [3.63, 3.8) is 0 Å². The van der Waals surface area contributed by atoms with Crippen LogP contribution in [-0.2, 0) is 11.0 Å². The van der Waals surface area contributed by atoms with Gasteiger partial charge in [-0.1, -0.05) is 0 Å². The lowest BCUT2D eigenvalue weighted by molar-refractivity contribution is -0.388. The van der Waals surface area contributed by atoms with Crippen LogP contribution >= 0.6 is 0 Å². The molecule has 1 unspecified atom stereocenters. The standard InChI is InChI=1S/C17H21F3N4O3/c18-17(19,20)13-10-12(3-4-14(13)24(26)27)22-8-5-11(6-9-22)23-7-1-2-15(23)16(21)25/h3-4,10-11,15H,1-2,5-9H2,(H2,21,25). The number of halogens is 3. The number of primary amides is 1. The number of hydrogen-bond donors (Lipinski definition) is 1. The van der Waals surface area contributed by atoms with Gasteiger partial charge in [0.1, 0.15) is 5.56 Å². The van der Waals surface area contributed by atoms with E-state index in [9.17, 15) is 28.1 Å². The van der Waals surface area contributed by atoms with Gasteiger partial charge in [-0.15, -0.1) is 0 Å². The molecular formula is C17H21F3N4O3. The van der Waals surface area contributed by atoms with E-state index in [1.165, 1.54) is 6.07 Å². The molecule has 7 nitrogen and oxygen atoms in total. The van der Waals surface area contributed by atoms with E-state index < -0.39 is 22.4 Å². The zero-order valence-corrected chi connectivity index (χ0v) is 14.6. The number of alkyl halides is 3. The minimum Gasteiger partial charge on any atom is -0.371 e. The second-order valence-electron chi connectivity index (χ2n) is 6.97. The van der Waals surface area contributed by atoms with Crippen molar-refractivity contribution >= 4 is 17.3 Å². The Labute approximate surface area is 154 Å². The summed E-state index contributed by atoms with van der Waals surface area (Å²) in [4.78, 5) is 25.3. The van der Waals surface area contributed by atoms with E-state index in [1.54, 1.807) is 4.90 Å². The zero-order chi connectivity index (χ0) is 19.8. The van der Waals surface area contributed by atoms with Crippen molar-refractivity contribution < 1.29 is 22.9 Å². The summed E-state index contributed by atoms with van der Waals surface area (Å²) in [5, 5.41) is 10.9. The number of nitro benzene ring substituents is 1. The van der Waals surface area contributed by atoms with Gasteiger partial charge in [0.25, 0.3) is 5.69 Å². The van der Waals surface area contributed by atoms with Gasteiger partial charge in [-0.2, -0.15) is 13.2 Å². The van der Waals surface area contributed by atoms with Gasteiger partial charge in [0.15, 0.2) is 0 Å². The molecule has 3 rings (SSSR count). The lowest BCUT2D eigenvalue weighted by atomic mass is 10.0. The summed E-state index contributed by atoms with van der Waals surface area (Å²) >= 11 is 0. The number of amides is 1. The van der Waals surface area contributed by atoms with Crippen LogP contribution in [0.3, 0.4) is 0 Å². The normalized spacial score (nSPS) is 22.2. The molecule has 1 aromatic carbocycles. The third kappa shape index (κ3) is 4.00. The fourth-order valence-corrected chi connectivity index (χ4v) is 4.09. The summed E-state index contributed by atoms with van der Waals surface area (Å²) in [6.45, 7) is 1.83. The third-order valence-corrected chi connectivity index (χ3v) is 5.40. The first-order valence-electron chi connectivity index (χ1n) is 8.84. The summed E-state index contributed by atoms with van der Waals surface area (Å²) in [6.07, 6.45) is -1.75. The Kier molecular flexibility index (Phi) is 5.27. The maximum Gasteiger partial charge on any atom is 0.423 e. The minimum absolute atomic E-state index is 0.168. The highest BCUT2D eigenvalue weighted by Crippen LogP contribution is 2.39. The number of nitrogens with zero attached hydrogens (tertiary/aromatic N) is 3. The molecule has 10 heteroatoms. The second-order valence-corrected chi connectivity index (χ2v) is 6.97. The predicted octanol–water partition coefficient (Wildman–Crippen LogP) is 2.53. The van der Waals surface area contributed by atoms with Crippen LogP contribution in [0.25, 0.3) is 0 Å². The first kappa shape index (κ1) is 19.4. The number of hydrogen-bond acceptors (Lipinski definition) is 5. The van der Waals surface area contributed by atoms with Gasteiger partial charge in [0, 0.05) is 30.9 Å². The zero-order valence-electron chi connectivity index (χ0n) is 14.6. The minimum atomic E-state index is -4.79. The van der Waals surface area contributed by atoms with Crippen LogP contribution in [0, 0.1) is 10.1 Å². The molecule has 2 aliphatic heterocycles. The number of nitrogens with two attached hydrogens (primary N) is 1. The summed E-state index contributed by atoms with van der Waals surface area (Å²) in [6, 6.07) is 3.02. The number of carbonyl (C=O) groups excluding carboxylic acids is 1. The Morgan fingerprint density at radius 3 is 2.41 bits per heavy atom. The number of rotatable bonds is 4. The highest BCUT2D eigenvalue weighted by molar-refractivity contribution is 5.80. The van der Waals surface area contributed by atoms with E-state index in [2.05, 4.69) is 4.90 Å². The lowest BCUT2D eigenvalue weighted by Gasteiger charge is -2.39. The molecule has 2 fully saturated rings. The van der Waals surface area contributed by atoms with Gasteiger partial charge in [0.05, 0.1) is 11.0 Å². The van der Waals surface area contributed by atoms with E-state index in [4.69, 9.17) is 5.73 Å². The van der Waals surface area contributed by atoms with Crippen LogP contribution in [0.5, 0.6) is 0 Å². The molecular weight excluding hydrogens is 365 g/mol. The smallest absolute Gasteiger partial charge is 0.371 e. The molecule has 148 valence electrons. The first-order valence-corrected chi connectivity index (χ1v) is 8.84. The van der Waals surface area contributed by atoms with Gasteiger partial charge in [0.2, 0.25) is 5.91 Å². The fourth-order valence-electron chi connectivity index (χ4n) is 4.09. The maximum absolute atomic E-state index is 13.2. The Morgan fingerprint density at radius 2 is 1.85 bits per heavy atom. The van der Waals surface area contributed by atoms with Crippen molar-refractivity contribution in [2.45, 2.75) is 43.9 Å². The molecule has 1 atom stereocenters. The van der Waals surface area contributed by atoms with E-state index in [0.717, 1.165) is 31.5 Å². The molecule has 1 aromatic rings. The number of anilines is 1. The molecule has 2 heterocycles. The number of piperidine rings is 1. The van der Waals surface area contributed by atoms with Gasteiger partial charge in [-0.25, -0.2) is 0 Å². The van der Waals surface area contributed by atoms with Gasteiger partial charge >= 0.3 is 6.18 Å².